The number of amides is 4. The third-order valence-electron chi connectivity index (χ3n) is 6.91. The number of hydrogen-bond acceptors (Lipinski definition) is 8. The summed E-state index contributed by atoms with van der Waals surface area (Å²) in [6, 6.07) is 25.1. The number of rotatable bonds is 19. The van der Waals surface area contributed by atoms with E-state index in [4.69, 9.17) is 15.2 Å². The first kappa shape index (κ1) is 37.4. The number of benzene rings is 3. The van der Waals surface area contributed by atoms with Crippen LogP contribution < -0.4 is 21.7 Å². The molecule has 11 nitrogen and oxygen atoms in total. The Kier molecular flexibility index (Phi) is 16.3. The molecule has 0 unspecified atom stereocenters. The number of hydrogen-bond donors (Lipinski definition) is 4. The fourth-order valence-corrected chi connectivity index (χ4v) is 5.49. The van der Waals surface area contributed by atoms with Gasteiger partial charge in [-0.1, -0.05) is 97.1 Å². The van der Waals surface area contributed by atoms with Crippen molar-refractivity contribution in [3.63, 3.8) is 0 Å². The number of ether oxygens (including phenoxy) is 2. The van der Waals surface area contributed by atoms with Crippen LogP contribution in [-0.2, 0) is 47.4 Å². The van der Waals surface area contributed by atoms with Crippen LogP contribution in [0.4, 0.5) is 4.79 Å². The van der Waals surface area contributed by atoms with E-state index < -0.39 is 47.9 Å². The monoisotopic (exact) mass is 674 g/mol. The summed E-state index contributed by atoms with van der Waals surface area (Å²) in [6.45, 7) is 1.86. The third kappa shape index (κ3) is 14.5. The maximum atomic E-state index is 13.8. The number of primary amides is 1. The SMILES string of the molecule is CCOC(=O)/C=C/[C@H](CCC(N)=O)NC(=O)[C@H](Cc1ccccc1)NC(=O)[C@H](CSCc1ccccc1)NC(=O)OCc1ccccc1. The highest BCUT2D eigenvalue weighted by atomic mass is 32.2. The smallest absolute Gasteiger partial charge is 0.408 e. The molecule has 0 saturated heterocycles. The first-order valence-electron chi connectivity index (χ1n) is 15.6. The Morgan fingerprint density at radius 2 is 1.33 bits per heavy atom. The van der Waals surface area contributed by atoms with Gasteiger partial charge in [-0.2, -0.15) is 11.8 Å². The van der Waals surface area contributed by atoms with Crippen molar-refractivity contribution in [2.45, 2.75) is 56.7 Å². The fourth-order valence-electron chi connectivity index (χ4n) is 4.47. The molecule has 254 valence electrons. The summed E-state index contributed by atoms with van der Waals surface area (Å²) in [5.41, 5.74) is 7.95. The second kappa shape index (κ2) is 20.9. The number of nitrogens with one attached hydrogen (secondary N) is 3. The number of thioether (sulfide) groups is 1. The standard InChI is InChI=1S/C36H42N4O7S/c1-2-46-33(42)21-19-29(18-20-32(37)41)38-34(43)30(22-26-12-6-3-7-13-26)39-35(44)31(25-48-24-28-16-10-5-11-17-28)40-36(45)47-23-27-14-8-4-9-15-27/h3-17,19,21,29-31H,2,18,20,22-25H2,1H3,(H2,37,41)(H,38,43)(H,39,44)(H,40,45)/b21-19+/t29-,30-,31-/m0/s1. The van der Waals surface area contributed by atoms with Gasteiger partial charge in [0.2, 0.25) is 17.7 Å². The Bertz CT molecular complexity index is 1490. The molecule has 0 saturated carbocycles. The van der Waals surface area contributed by atoms with Gasteiger partial charge >= 0.3 is 12.1 Å². The van der Waals surface area contributed by atoms with Crippen molar-refractivity contribution < 1.29 is 33.4 Å². The number of esters is 1. The molecule has 3 aromatic rings. The summed E-state index contributed by atoms with van der Waals surface area (Å²) in [5.74, 6) is -1.53. The van der Waals surface area contributed by atoms with E-state index in [-0.39, 0.29) is 38.2 Å². The predicted molar refractivity (Wildman–Crippen MR) is 184 cm³/mol. The molecule has 48 heavy (non-hydrogen) atoms. The second-order valence-corrected chi connectivity index (χ2v) is 11.8. The zero-order chi connectivity index (χ0) is 34.6. The Morgan fingerprint density at radius 3 is 1.94 bits per heavy atom. The molecule has 0 aliphatic carbocycles. The van der Waals surface area contributed by atoms with Crippen LogP contribution in [0.25, 0.3) is 0 Å². The lowest BCUT2D eigenvalue weighted by atomic mass is 10.0. The van der Waals surface area contributed by atoms with Gasteiger partial charge in [0.1, 0.15) is 18.7 Å². The lowest BCUT2D eigenvalue weighted by molar-refractivity contribution is -0.137. The first-order chi connectivity index (χ1) is 23.2. The Morgan fingerprint density at radius 1 is 0.750 bits per heavy atom. The quantitative estimate of drug-likeness (QED) is 0.110. The Balaban J connectivity index is 1.78. The van der Waals surface area contributed by atoms with Gasteiger partial charge in [0.25, 0.3) is 0 Å². The van der Waals surface area contributed by atoms with Crippen LogP contribution in [0.1, 0.15) is 36.5 Å². The molecule has 3 atom stereocenters. The van der Waals surface area contributed by atoms with Gasteiger partial charge < -0.3 is 31.2 Å². The van der Waals surface area contributed by atoms with E-state index in [1.807, 2.05) is 91.0 Å². The maximum absolute atomic E-state index is 13.8. The molecule has 0 spiro atoms. The molecule has 12 heteroatoms. The molecule has 4 amide bonds. The van der Waals surface area contributed by atoms with Crippen LogP contribution in [0, 0.1) is 0 Å². The lowest BCUT2D eigenvalue weighted by Gasteiger charge is -2.25. The van der Waals surface area contributed by atoms with Crippen LogP contribution in [-0.4, -0.2) is 60.3 Å². The van der Waals surface area contributed by atoms with Gasteiger partial charge in [0, 0.05) is 36.5 Å². The van der Waals surface area contributed by atoms with E-state index in [1.165, 1.54) is 23.9 Å². The van der Waals surface area contributed by atoms with E-state index >= 15 is 0 Å². The average Bonchev–Trinajstić information content (AvgIpc) is 3.09. The summed E-state index contributed by atoms with van der Waals surface area (Å²) < 4.78 is 10.3. The van der Waals surface area contributed by atoms with Crippen molar-refractivity contribution in [1.29, 1.82) is 0 Å². The zero-order valence-electron chi connectivity index (χ0n) is 26.8. The van der Waals surface area contributed by atoms with Crippen LogP contribution in [0.5, 0.6) is 0 Å². The molecular formula is C36H42N4O7S. The Hall–Kier alpha value is -5.10. The zero-order valence-corrected chi connectivity index (χ0v) is 27.7. The van der Waals surface area contributed by atoms with Gasteiger partial charge in [0.05, 0.1) is 6.61 Å². The van der Waals surface area contributed by atoms with Gasteiger partial charge in [-0.15, -0.1) is 0 Å². The molecule has 0 fully saturated rings. The number of carbonyl (C=O) groups excluding carboxylic acids is 5. The summed E-state index contributed by atoms with van der Waals surface area (Å²) >= 11 is 1.44. The molecule has 0 aliphatic heterocycles. The summed E-state index contributed by atoms with van der Waals surface area (Å²) in [6.07, 6.45) is 2.02. The molecular weight excluding hydrogens is 632 g/mol. The highest BCUT2D eigenvalue weighted by Gasteiger charge is 2.28. The van der Waals surface area contributed by atoms with E-state index in [1.54, 1.807) is 6.92 Å². The number of nitrogens with two attached hydrogens (primary N) is 1. The highest BCUT2D eigenvalue weighted by Crippen LogP contribution is 2.14. The van der Waals surface area contributed by atoms with E-state index in [0.717, 1.165) is 16.7 Å². The maximum Gasteiger partial charge on any atom is 0.408 e. The predicted octanol–water partition coefficient (Wildman–Crippen LogP) is 3.81. The van der Waals surface area contributed by atoms with Gasteiger partial charge in [0.15, 0.2) is 0 Å². The van der Waals surface area contributed by atoms with Crippen LogP contribution >= 0.6 is 11.8 Å². The molecule has 5 N–H and O–H groups in total. The summed E-state index contributed by atoms with van der Waals surface area (Å²) in [4.78, 5) is 63.8. The van der Waals surface area contributed by atoms with Crippen molar-refractivity contribution in [1.82, 2.24) is 16.0 Å². The van der Waals surface area contributed by atoms with Gasteiger partial charge in [-0.3, -0.25) is 14.4 Å². The van der Waals surface area contributed by atoms with Crippen molar-refractivity contribution in [3.8, 4) is 0 Å². The molecule has 3 rings (SSSR count). The minimum absolute atomic E-state index is 0.0171. The van der Waals surface area contributed by atoms with Crippen molar-refractivity contribution in [2.24, 2.45) is 5.73 Å². The summed E-state index contributed by atoms with van der Waals surface area (Å²) in [7, 11) is 0. The molecule has 0 radical (unpaired) electrons. The third-order valence-corrected chi connectivity index (χ3v) is 8.02. The first-order valence-corrected chi connectivity index (χ1v) is 16.8. The van der Waals surface area contributed by atoms with Crippen LogP contribution in [0.2, 0.25) is 0 Å². The minimum Gasteiger partial charge on any atom is -0.463 e. The lowest BCUT2D eigenvalue weighted by Crippen LogP contribution is -2.56. The van der Waals surface area contributed by atoms with Crippen LogP contribution in [0.3, 0.4) is 0 Å². The molecule has 0 bridgehead atoms. The van der Waals surface area contributed by atoms with Crippen molar-refractivity contribution >= 4 is 41.5 Å². The number of carbonyl (C=O) groups is 5. The van der Waals surface area contributed by atoms with E-state index in [0.29, 0.717) is 5.75 Å². The molecule has 0 heterocycles. The Labute approximate surface area is 285 Å². The molecule has 3 aromatic carbocycles. The number of alkyl carbamates (subject to hydrolysis) is 1. The minimum atomic E-state index is -1.07. The van der Waals surface area contributed by atoms with Gasteiger partial charge in [-0.05, 0) is 30.0 Å². The summed E-state index contributed by atoms with van der Waals surface area (Å²) in [5, 5.41) is 8.27. The second-order valence-electron chi connectivity index (χ2n) is 10.7. The van der Waals surface area contributed by atoms with Gasteiger partial charge in [-0.25, -0.2) is 9.59 Å². The van der Waals surface area contributed by atoms with Crippen molar-refractivity contribution in [3.05, 3.63) is 120 Å². The van der Waals surface area contributed by atoms with E-state index in [2.05, 4.69) is 16.0 Å². The average molecular weight is 675 g/mol. The topological polar surface area (TPSA) is 166 Å². The largest absolute Gasteiger partial charge is 0.463 e. The fraction of sp³-hybridized carbons (Fsp3) is 0.306. The van der Waals surface area contributed by atoms with E-state index in [9.17, 15) is 24.0 Å². The normalized spacial score (nSPS) is 12.7. The molecule has 0 aromatic heterocycles. The van der Waals surface area contributed by atoms with Crippen molar-refractivity contribution in [2.75, 3.05) is 12.4 Å². The molecule has 0 aliphatic rings. The highest BCUT2D eigenvalue weighted by molar-refractivity contribution is 7.98. The van der Waals surface area contributed by atoms with Crippen LogP contribution in [0.15, 0.2) is 103 Å².